The van der Waals surface area contributed by atoms with Gasteiger partial charge in [-0.2, -0.15) is 0 Å². The number of carbonyl (C=O) groups is 1. The summed E-state index contributed by atoms with van der Waals surface area (Å²) in [5.74, 6) is 0.588. The molecule has 2 nitrogen and oxygen atoms in total. The Morgan fingerprint density at radius 1 is 1.20 bits per heavy atom. The molecule has 1 fully saturated rings. The molecule has 0 heterocycles. The van der Waals surface area contributed by atoms with Gasteiger partial charge in [0.05, 0.1) is 5.92 Å². The van der Waals surface area contributed by atoms with Crippen molar-refractivity contribution >= 4 is 11.6 Å². The number of hydrogen-bond donors (Lipinski definition) is 1. The van der Waals surface area contributed by atoms with Crippen molar-refractivity contribution in [1.82, 2.24) is 0 Å². The Kier molecular flexibility index (Phi) is 3.25. The lowest BCUT2D eigenvalue weighted by molar-refractivity contribution is -0.118. The molecule has 104 valence electrons. The molecule has 0 unspecified atom stereocenters. The van der Waals surface area contributed by atoms with E-state index in [0.717, 1.165) is 18.5 Å². The smallest absolute Gasteiger partial charge is 0.228 e. The maximum absolute atomic E-state index is 12.5. The van der Waals surface area contributed by atoms with Gasteiger partial charge in [0, 0.05) is 11.6 Å². The summed E-state index contributed by atoms with van der Waals surface area (Å²) in [6, 6.07) is 9.70. The van der Waals surface area contributed by atoms with Crippen LogP contribution in [-0.2, 0) is 4.79 Å². The molecule has 0 radical (unpaired) electrons. The molecule has 2 atom stereocenters. The topological polar surface area (TPSA) is 29.1 Å². The van der Waals surface area contributed by atoms with E-state index in [0.29, 0.717) is 5.92 Å². The minimum Gasteiger partial charge on any atom is -0.326 e. The maximum atomic E-state index is 12.5. The fourth-order valence-electron chi connectivity index (χ4n) is 3.35. The van der Waals surface area contributed by atoms with Gasteiger partial charge in [-0.05, 0) is 36.0 Å². The van der Waals surface area contributed by atoms with Crippen molar-refractivity contribution in [1.29, 1.82) is 0 Å². The molecule has 0 bridgehead atoms. The summed E-state index contributed by atoms with van der Waals surface area (Å²) in [7, 11) is 0. The number of carbonyl (C=O) groups excluding carboxylic acids is 1. The highest BCUT2D eigenvalue weighted by Crippen LogP contribution is 2.62. The van der Waals surface area contributed by atoms with Crippen LogP contribution in [0.3, 0.4) is 0 Å². The van der Waals surface area contributed by atoms with Crippen LogP contribution in [0.5, 0.6) is 0 Å². The number of para-hydroxylation sites is 1. The third-order valence-electron chi connectivity index (χ3n) is 4.53. The zero-order valence-corrected chi connectivity index (χ0v) is 12.1. The first-order valence-electron chi connectivity index (χ1n) is 7.33. The van der Waals surface area contributed by atoms with Crippen molar-refractivity contribution in [2.24, 2.45) is 17.3 Å². The first-order valence-corrected chi connectivity index (χ1v) is 7.33. The zero-order chi connectivity index (χ0) is 14.2. The molecule has 20 heavy (non-hydrogen) atoms. The Hall–Kier alpha value is -1.83. The minimum atomic E-state index is 0.0619. The van der Waals surface area contributed by atoms with Crippen LogP contribution in [0.1, 0.15) is 26.7 Å². The van der Waals surface area contributed by atoms with Gasteiger partial charge in [0.2, 0.25) is 5.91 Å². The van der Waals surface area contributed by atoms with E-state index in [1.807, 2.05) is 30.3 Å². The number of rotatable bonds is 3. The second-order valence-electron chi connectivity index (χ2n) is 6.32. The van der Waals surface area contributed by atoms with Crippen LogP contribution >= 0.6 is 0 Å². The number of anilines is 1. The summed E-state index contributed by atoms with van der Waals surface area (Å²) in [5.41, 5.74) is 2.29. The predicted molar refractivity (Wildman–Crippen MR) is 82.3 cm³/mol. The molecule has 2 aliphatic carbocycles. The summed E-state index contributed by atoms with van der Waals surface area (Å²) in [4.78, 5) is 12.5. The maximum Gasteiger partial charge on any atom is 0.228 e. The van der Waals surface area contributed by atoms with Crippen LogP contribution in [0.25, 0.3) is 0 Å². The van der Waals surface area contributed by atoms with Crippen molar-refractivity contribution in [2.45, 2.75) is 26.7 Å². The summed E-state index contributed by atoms with van der Waals surface area (Å²) < 4.78 is 0. The molecule has 0 spiro atoms. The van der Waals surface area contributed by atoms with Gasteiger partial charge in [-0.1, -0.05) is 50.3 Å². The molecular weight excluding hydrogens is 246 g/mol. The molecule has 0 aliphatic heterocycles. The van der Waals surface area contributed by atoms with Crippen LogP contribution in [-0.4, -0.2) is 5.91 Å². The van der Waals surface area contributed by atoms with E-state index in [1.165, 1.54) is 5.57 Å². The molecule has 1 N–H and O–H groups in total. The average Bonchev–Trinajstić information content (AvgIpc) is 3.04. The first kappa shape index (κ1) is 13.2. The lowest BCUT2D eigenvalue weighted by Crippen LogP contribution is -2.16. The van der Waals surface area contributed by atoms with Crippen molar-refractivity contribution in [3.05, 3.63) is 54.1 Å². The minimum absolute atomic E-state index is 0.0619. The standard InChI is InChI=1S/C18H21NO/c1-18(2)15(13-9-5-3-6-10-13)16(18)17(20)19-14-11-7-4-8-12-14/h4-5,7-12,15-16H,3,6H2,1-2H3,(H,19,20)/t15-,16+/m1/s1. The van der Waals surface area contributed by atoms with Crippen LogP contribution in [0, 0.1) is 17.3 Å². The van der Waals surface area contributed by atoms with Crippen molar-refractivity contribution in [2.75, 3.05) is 5.32 Å². The van der Waals surface area contributed by atoms with Gasteiger partial charge in [0.15, 0.2) is 0 Å². The van der Waals surface area contributed by atoms with Gasteiger partial charge >= 0.3 is 0 Å². The largest absolute Gasteiger partial charge is 0.326 e. The molecule has 3 rings (SSSR count). The second-order valence-corrected chi connectivity index (χ2v) is 6.32. The molecular formula is C18H21NO. The van der Waals surface area contributed by atoms with E-state index >= 15 is 0 Å². The molecule has 2 heteroatoms. The van der Waals surface area contributed by atoms with Crippen LogP contribution < -0.4 is 5.32 Å². The van der Waals surface area contributed by atoms with E-state index in [4.69, 9.17) is 0 Å². The van der Waals surface area contributed by atoms with E-state index in [1.54, 1.807) is 0 Å². The Bertz CT molecular complexity index is 568. The molecule has 1 saturated carbocycles. The average molecular weight is 267 g/mol. The number of benzene rings is 1. The highest BCUT2D eigenvalue weighted by Gasteiger charge is 2.62. The Balaban J connectivity index is 1.73. The van der Waals surface area contributed by atoms with Gasteiger partial charge in [0.1, 0.15) is 0 Å². The molecule has 1 aromatic carbocycles. The fraction of sp³-hybridized carbons (Fsp3) is 0.389. The van der Waals surface area contributed by atoms with Gasteiger partial charge < -0.3 is 5.32 Å². The predicted octanol–water partition coefficient (Wildman–Crippen LogP) is 4.17. The first-order chi connectivity index (χ1) is 9.60. The van der Waals surface area contributed by atoms with Crippen molar-refractivity contribution in [3.63, 3.8) is 0 Å². The summed E-state index contributed by atoms with van der Waals surface area (Å²) >= 11 is 0. The third-order valence-corrected chi connectivity index (χ3v) is 4.53. The number of nitrogens with one attached hydrogen (secondary N) is 1. The molecule has 1 amide bonds. The lowest BCUT2D eigenvalue weighted by Gasteiger charge is -2.07. The normalized spacial score (nSPS) is 26.8. The fourth-order valence-corrected chi connectivity index (χ4v) is 3.35. The molecule has 1 aromatic rings. The molecule has 2 aliphatic rings. The molecule has 0 saturated heterocycles. The van der Waals surface area contributed by atoms with E-state index in [2.05, 4.69) is 37.4 Å². The van der Waals surface area contributed by atoms with E-state index < -0.39 is 0 Å². The van der Waals surface area contributed by atoms with Gasteiger partial charge in [-0.3, -0.25) is 4.79 Å². The van der Waals surface area contributed by atoms with Crippen molar-refractivity contribution in [3.8, 4) is 0 Å². The van der Waals surface area contributed by atoms with Gasteiger partial charge in [-0.15, -0.1) is 0 Å². The van der Waals surface area contributed by atoms with Crippen LogP contribution in [0.2, 0.25) is 0 Å². The highest BCUT2D eigenvalue weighted by molar-refractivity contribution is 5.96. The van der Waals surface area contributed by atoms with Crippen LogP contribution in [0.4, 0.5) is 5.69 Å². The van der Waals surface area contributed by atoms with Gasteiger partial charge in [0.25, 0.3) is 0 Å². The van der Waals surface area contributed by atoms with Gasteiger partial charge in [-0.25, -0.2) is 0 Å². The SMILES string of the molecule is CC1(C)[C@H](C(=O)Nc2ccccc2)[C@H]1C1=CCCC=C1. The monoisotopic (exact) mass is 267 g/mol. The Labute approximate surface area is 120 Å². The Morgan fingerprint density at radius 2 is 1.95 bits per heavy atom. The number of amides is 1. The van der Waals surface area contributed by atoms with E-state index in [9.17, 15) is 4.79 Å². The lowest BCUT2D eigenvalue weighted by atomic mass is 9.98. The summed E-state index contributed by atoms with van der Waals surface area (Å²) in [6.07, 6.45) is 8.94. The van der Waals surface area contributed by atoms with E-state index in [-0.39, 0.29) is 17.2 Å². The highest BCUT2D eigenvalue weighted by atomic mass is 16.2. The van der Waals surface area contributed by atoms with Crippen LogP contribution in [0.15, 0.2) is 54.1 Å². The van der Waals surface area contributed by atoms with Crippen molar-refractivity contribution < 1.29 is 4.79 Å². The number of allylic oxidation sites excluding steroid dienone is 4. The second kappa shape index (κ2) is 4.93. The Morgan fingerprint density at radius 3 is 2.60 bits per heavy atom. The summed E-state index contributed by atoms with van der Waals surface area (Å²) in [5, 5.41) is 3.04. The quantitative estimate of drug-likeness (QED) is 0.874. The summed E-state index contributed by atoms with van der Waals surface area (Å²) in [6.45, 7) is 4.38. The number of hydrogen-bond acceptors (Lipinski definition) is 1. The zero-order valence-electron chi connectivity index (χ0n) is 12.1. The molecule has 0 aromatic heterocycles. The third kappa shape index (κ3) is 2.31.